The molecule has 0 saturated carbocycles. The number of nitrogens with zero attached hydrogens (tertiary/aromatic N) is 6. The number of fused-ring (bicyclic) bond motifs is 1. The molecule has 2 aliphatic heterocycles. The second-order valence-corrected chi connectivity index (χ2v) is 10.3. The summed E-state index contributed by atoms with van der Waals surface area (Å²) in [5, 5.41) is 14.1. The van der Waals surface area contributed by atoms with Gasteiger partial charge in [-0.2, -0.15) is 5.10 Å². The summed E-state index contributed by atoms with van der Waals surface area (Å²) in [6.45, 7) is 7.27. The first-order valence-corrected chi connectivity index (χ1v) is 13.7. The number of hydrogen-bond acceptors (Lipinski definition) is 8. The third-order valence-electron chi connectivity index (χ3n) is 7.01. The molecule has 2 aliphatic rings. The van der Waals surface area contributed by atoms with Gasteiger partial charge in [0, 0.05) is 31.9 Å². The predicted octanol–water partition coefficient (Wildman–Crippen LogP) is 3.23. The molecule has 3 heterocycles. The van der Waals surface area contributed by atoms with Crippen LogP contribution in [0.5, 0.6) is 11.5 Å². The second kappa shape index (κ2) is 15.4. The molecule has 1 amide bonds. The SMILES string of the molecule is CCCCN(C)CCCN(C)C.O=CCN1CC(c2ccc3c(c2)OCO3)N(C(=O)O)C1CCn1cccn1. The lowest BCUT2D eigenvalue weighted by atomic mass is 10.1. The van der Waals surface area contributed by atoms with Crippen molar-refractivity contribution in [1.82, 2.24) is 29.4 Å². The summed E-state index contributed by atoms with van der Waals surface area (Å²) in [5.41, 5.74) is 0.819. The molecule has 2 atom stereocenters. The number of aldehydes is 1. The number of aromatic nitrogens is 2. The zero-order valence-corrected chi connectivity index (χ0v) is 23.7. The van der Waals surface area contributed by atoms with Gasteiger partial charge in [-0.3, -0.25) is 14.5 Å². The van der Waals surface area contributed by atoms with Crippen molar-refractivity contribution in [2.45, 2.75) is 51.4 Å². The van der Waals surface area contributed by atoms with Crippen LogP contribution < -0.4 is 9.47 Å². The van der Waals surface area contributed by atoms with Gasteiger partial charge in [-0.05, 0) is 77.4 Å². The van der Waals surface area contributed by atoms with E-state index in [0.29, 0.717) is 31.0 Å². The molecule has 0 radical (unpaired) electrons. The Morgan fingerprint density at radius 2 is 1.92 bits per heavy atom. The zero-order chi connectivity index (χ0) is 28.2. The molecular weight excluding hydrogens is 500 g/mol. The van der Waals surface area contributed by atoms with Crippen molar-refractivity contribution >= 4 is 12.4 Å². The van der Waals surface area contributed by atoms with Crippen LogP contribution in [-0.4, -0.2) is 114 Å². The molecule has 11 heteroatoms. The first-order valence-electron chi connectivity index (χ1n) is 13.7. The number of benzene rings is 1. The van der Waals surface area contributed by atoms with Crippen LogP contribution in [0.2, 0.25) is 0 Å². The highest BCUT2D eigenvalue weighted by Crippen LogP contribution is 2.39. The van der Waals surface area contributed by atoms with E-state index in [0.717, 1.165) is 11.8 Å². The van der Waals surface area contributed by atoms with Gasteiger partial charge in [-0.15, -0.1) is 0 Å². The fourth-order valence-electron chi connectivity index (χ4n) is 4.95. The number of unbranched alkanes of at least 4 members (excludes halogenated alkanes) is 1. The Labute approximate surface area is 231 Å². The van der Waals surface area contributed by atoms with Crippen LogP contribution in [0.25, 0.3) is 0 Å². The second-order valence-electron chi connectivity index (χ2n) is 10.3. The molecule has 1 aromatic carbocycles. The van der Waals surface area contributed by atoms with Crippen molar-refractivity contribution in [3.63, 3.8) is 0 Å². The summed E-state index contributed by atoms with van der Waals surface area (Å²) in [5.74, 6) is 1.26. The highest BCUT2D eigenvalue weighted by molar-refractivity contribution is 5.67. The summed E-state index contributed by atoms with van der Waals surface area (Å²) < 4.78 is 12.5. The highest BCUT2D eigenvalue weighted by atomic mass is 16.7. The van der Waals surface area contributed by atoms with E-state index >= 15 is 0 Å². The van der Waals surface area contributed by atoms with Gasteiger partial charge in [0.2, 0.25) is 6.79 Å². The Morgan fingerprint density at radius 3 is 2.59 bits per heavy atom. The van der Waals surface area contributed by atoms with Gasteiger partial charge in [-0.25, -0.2) is 4.79 Å². The maximum atomic E-state index is 12.1. The topological polar surface area (TPSA) is 104 Å². The number of amides is 1. The Morgan fingerprint density at radius 1 is 1.15 bits per heavy atom. The number of aryl methyl sites for hydroxylation is 1. The number of rotatable bonds is 13. The number of ether oxygens (including phenoxy) is 2. The summed E-state index contributed by atoms with van der Waals surface area (Å²) in [6.07, 6.45) is 7.35. The van der Waals surface area contributed by atoms with Gasteiger partial charge in [0.05, 0.1) is 18.8 Å². The molecule has 1 aromatic heterocycles. The summed E-state index contributed by atoms with van der Waals surface area (Å²) in [7, 11) is 6.48. The zero-order valence-electron chi connectivity index (χ0n) is 23.7. The summed E-state index contributed by atoms with van der Waals surface area (Å²) in [6, 6.07) is 6.89. The third kappa shape index (κ3) is 8.94. The predicted molar refractivity (Wildman–Crippen MR) is 149 cm³/mol. The van der Waals surface area contributed by atoms with Gasteiger partial charge in [0.1, 0.15) is 6.29 Å². The molecule has 0 spiro atoms. The molecule has 1 fully saturated rings. The highest BCUT2D eigenvalue weighted by Gasteiger charge is 2.43. The minimum absolute atomic E-state index is 0.163. The quantitative estimate of drug-likeness (QED) is 0.381. The first kappa shape index (κ1) is 30.4. The Bertz CT molecular complexity index is 1020. The van der Waals surface area contributed by atoms with Crippen LogP contribution in [0.1, 0.15) is 44.2 Å². The van der Waals surface area contributed by atoms with Crippen molar-refractivity contribution in [1.29, 1.82) is 0 Å². The van der Waals surface area contributed by atoms with Crippen LogP contribution in [0, 0.1) is 0 Å². The largest absolute Gasteiger partial charge is 0.465 e. The molecule has 1 N–H and O–H groups in total. The molecule has 39 heavy (non-hydrogen) atoms. The van der Waals surface area contributed by atoms with Gasteiger partial charge in [0.25, 0.3) is 0 Å². The maximum Gasteiger partial charge on any atom is 0.409 e. The molecule has 2 unspecified atom stereocenters. The molecule has 11 nitrogen and oxygen atoms in total. The lowest BCUT2D eigenvalue weighted by Gasteiger charge is -2.29. The number of carbonyl (C=O) groups is 2. The standard InChI is InChI=1S/C18H20N4O5.C10H24N2/c23-9-8-20-11-14(13-2-3-15-16(10-13)27-12-26-15)22(18(24)25)17(20)4-7-21-6-1-5-19-21;1-5-6-9-12(4)10-7-8-11(2)3/h1-3,5-6,9-10,14,17H,4,7-8,11-12H2,(H,24,25);5-10H2,1-4H3. The minimum atomic E-state index is -1.02. The van der Waals surface area contributed by atoms with E-state index in [2.05, 4.69) is 43.0 Å². The molecule has 0 aliphatic carbocycles. The fourth-order valence-corrected chi connectivity index (χ4v) is 4.95. The van der Waals surface area contributed by atoms with Crippen molar-refractivity contribution in [2.75, 3.05) is 60.7 Å². The van der Waals surface area contributed by atoms with Gasteiger partial charge >= 0.3 is 6.09 Å². The van der Waals surface area contributed by atoms with E-state index in [4.69, 9.17) is 9.47 Å². The van der Waals surface area contributed by atoms with Crippen LogP contribution in [0.3, 0.4) is 0 Å². The number of carbonyl (C=O) groups excluding carboxylic acids is 1. The molecule has 216 valence electrons. The molecule has 1 saturated heterocycles. The number of hydrogen-bond donors (Lipinski definition) is 1. The summed E-state index contributed by atoms with van der Waals surface area (Å²) in [4.78, 5) is 31.2. The monoisotopic (exact) mass is 544 g/mol. The van der Waals surface area contributed by atoms with E-state index < -0.39 is 12.3 Å². The van der Waals surface area contributed by atoms with Crippen LogP contribution in [0.4, 0.5) is 4.79 Å². The van der Waals surface area contributed by atoms with Crippen molar-refractivity contribution in [3.05, 3.63) is 42.2 Å². The average molecular weight is 545 g/mol. The van der Waals surface area contributed by atoms with E-state index in [1.165, 1.54) is 43.8 Å². The van der Waals surface area contributed by atoms with Gasteiger partial charge < -0.3 is 29.2 Å². The van der Waals surface area contributed by atoms with E-state index in [1.54, 1.807) is 16.9 Å². The average Bonchev–Trinajstić information content (AvgIpc) is 3.66. The van der Waals surface area contributed by atoms with Crippen molar-refractivity contribution < 1.29 is 24.2 Å². The normalized spacial score (nSPS) is 18.5. The van der Waals surface area contributed by atoms with Crippen LogP contribution in [-0.2, 0) is 11.3 Å². The van der Waals surface area contributed by atoms with E-state index in [9.17, 15) is 14.7 Å². The smallest absolute Gasteiger partial charge is 0.409 e. The first-order chi connectivity index (χ1) is 18.8. The molecular formula is C28H44N6O5. The Hall–Kier alpha value is -3.15. The third-order valence-corrected chi connectivity index (χ3v) is 7.01. The Balaban J connectivity index is 0.000000298. The lowest BCUT2D eigenvalue weighted by molar-refractivity contribution is -0.109. The maximum absolute atomic E-state index is 12.1. The minimum Gasteiger partial charge on any atom is -0.465 e. The molecule has 2 aromatic rings. The van der Waals surface area contributed by atoms with Gasteiger partial charge in [0.15, 0.2) is 11.5 Å². The molecule has 0 bridgehead atoms. The van der Waals surface area contributed by atoms with Crippen molar-refractivity contribution in [3.8, 4) is 11.5 Å². The van der Waals surface area contributed by atoms with Crippen LogP contribution >= 0.6 is 0 Å². The Kier molecular flexibility index (Phi) is 12.0. The fraction of sp³-hybridized carbons (Fsp3) is 0.607. The molecule has 4 rings (SSSR count). The van der Waals surface area contributed by atoms with Gasteiger partial charge in [-0.1, -0.05) is 19.4 Å². The van der Waals surface area contributed by atoms with E-state index in [-0.39, 0.29) is 19.4 Å². The van der Waals surface area contributed by atoms with Crippen LogP contribution in [0.15, 0.2) is 36.7 Å². The van der Waals surface area contributed by atoms with Crippen molar-refractivity contribution in [2.24, 2.45) is 0 Å². The van der Waals surface area contributed by atoms with E-state index in [1.807, 2.05) is 29.3 Å². The summed E-state index contributed by atoms with van der Waals surface area (Å²) >= 11 is 0. The number of carboxylic acid groups (broad SMARTS) is 1. The lowest BCUT2D eigenvalue weighted by Crippen LogP contribution is -2.43.